The number of hydrogen-bond acceptors (Lipinski definition) is 3. The second kappa shape index (κ2) is 8.91. The van der Waals surface area contributed by atoms with Crippen LogP contribution in [0.15, 0.2) is 36.6 Å². The number of allylic oxidation sites excluding steroid dienone is 3. The summed E-state index contributed by atoms with van der Waals surface area (Å²) in [7, 11) is 0. The van der Waals surface area contributed by atoms with Crippen molar-refractivity contribution in [3.05, 3.63) is 51.6 Å². The number of halogens is 2. The Hall–Kier alpha value is -1.10. The molecule has 0 spiro atoms. The topological polar surface area (TPSA) is 42.0 Å². The highest BCUT2D eigenvalue weighted by Gasteiger charge is 2.17. The van der Waals surface area contributed by atoms with Crippen molar-refractivity contribution in [1.82, 2.24) is 9.69 Å². The normalized spacial score (nSPS) is 10.8. The molecule has 0 bridgehead atoms. The molecule has 6 heteroatoms. The zero-order chi connectivity index (χ0) is 15.0. The number of nitrogens with one attached hydrogen (secondary N) is 1. The Kier molecular flexibility index (Phi) is 8.39. The van der Waals surface area contributed by atoms with E-state index >= 15 is 0 Å². The molecule has 1 aromatic rings. The lowest BCUT2D eigenvalue weighted by atomic mass is 10.2. The summed E-state index contributed by atoms with van der Waals surface area (Å²) < 4.78 is 3.79. The zero-order valence-electron chi connectivity index (χ0n) is 11.1. The van der Waals surface area contributed by atoms with Gasteiger partial charge in [0, 0.05) is 5.70 Å². The van der Waals surface area contributed by atoms with Gasteiger partial charge in [-0.15, -0.1) is 0 Å². The molecule has 0 aliphatic rings. The van der Waals surface area contributed by atoms with Gasteiger partial charge in [-0.05, 0) is 30.1 Å². The summed E-state index contributed by atoms with van der Waals surface area (Å²) in [4.78, 5) is 12.1. The maximum absolute atomic E-state index is 11.9. The van der Waals surface area contributed by atoms with Gasteiger partial charge in [0.2, 0.25) is 0 Å². The van der Waals surface area contributed by atoms with E-state index in [0.29, 0.717) is 5.70 Å². The summed E-state index contributed by atoms with van der Waals surface area (Å²) in [5, 5.41) is 2.96. The summed E-state index contributed by atoms with van der Waals surface area (Å²) in [6.45, 7) is 13.0. The molecule has 1 N–H and O–H groups in total. The van der Waals surface area contributed by atoms with Crippen LogP contribution in [-0.4, -0.2) is 10.3 Å². The van der Waals surface area contributed by atoms with E-state index in [2.05, 4.69) is 22.8 Å². The van der Waals surface area contributed by atoms with Crippen LogP contribution in [0.3, 0.4) is 0 Å². The molecule has 104 valence electrons. The van der Waals surface area contributed by atoms with E-state index in [1.807, 2.05) is 20.8 Å². The first-order chi connectivity index (χ1) is 9.01. The number of carbonyl (C=O) groups is 1. The van der Waals surface area contributed by atoms with Crippen LogP contribution in [-0.2, 0) is 0 Å². The summed E-state index contributed by atoms with van der Waals surface area (Å²) >= 11 is 12.5. The molecule has 0 saturated carbocycles. The average molecular weight is 319 g/mol. The Balaban J connectivity index is 0.00000154. The summed E-state index contributed by atoms with van der Waals surface area (Å²) in [5.74, 6) is -0.365. The van der Waals surface area contributed by atoms with Crippen molar-refractivity contribution in [1.29, 1.82) is 0 Å². The van der Waals surface area contributed by atoms with Crippen molar-refractivity contribution in [2.45, 2.75) is 20.8 Å². The average Bonchev–Trinajstić information content (AvgIpc) is 2.77. The van der Waals surface area contributed by atoms with Crippen molar-refractivity contribution < 1.29 is 4.79 Å². The van der Waals surface area contributed by atoms with E-state index < -0.39 is 0 Å². The van der Waals surface area contributed by atoms with Crippen molar-refractivity contribution in [2.24, 2.45) is 0 Å². The monoisotopic (exact) mass is 318 g/mol. The Morgan fingerprint density at radius 1 is 1.32 bits per heavy atom. The molecule has 0 atom stereocenters. The Labute approximate surface area is 127 Å². The van der Waals surface area contributed by atoms with Crippen LogP contribution in [0.1, 0.15) is 30.4 Å². The Morgan fingerprint density at radius 3 is 2.26 bits per heavy atom. The highest BCUT2D eigenvalue weighted by Crippen LogP contribution is 2.28. The molecule has 1 aromatic heterocycles. The molecular formula is C13H16Cl2N2OS. The second-order valence-corrected chi connectivity index (χ2v) is 4.58. The predicted molar refractivity (Wildman–Crippen MR) is 84.0 cm³/mol. The first kappa shape index (κ1) is 17.9. The standard InChI is InChI=1S/C11H10Cl2N2OS.C2H6/c1-4-6(3)7(5-2)14-11(16)9-8(12)10(13)15-17-9;1-2/h4-5H,1-2H2,3H3,(H,14,16);1-2H3/b7-6+;. The minimum absolute atomic E-state index is 0.131. The van der Waals surface area contributed by atoms with Crippen LogP contribution in [0, 0.1) is 0 Å². The maximum atomic E-state index is 11.9. The van der Waals surface area contributed by atoms with Crippen LogP contribution in [0.5, 0.6) is 0 Å². The molecule has 0 saturated heterocycles. The molecule has 0 aliphatic carbocycles. The van der Waals surface area contributed by atoms with Gasteiger partial charge in [0.25, 0.3) is 5.91 Å². The fourth-order valence-corrected chi connectivity index (χ4v) is 2.11. The second-order valence-electron chi connectivity index (χ2n) is 3.08. The molecule has 0 aromatic carbocycles. The predicted octanol–water partition coefficient (Wildman–Crippen LogP) is 4.85. The summed E-state index contributed by atoms with van der Waals surface area (Å²) in [6, 6.07) is 0. The van der Waals surface area contributed by atoms with Crippen LogP contribution >= 0.6 is 34.7 Å². The first-order valence-corrected chi connectivity index (χ1v) is 7.12. The van der Waals surface area contributed by atoms with Crippen LogP contribution in [0.25, 0.3) is 0 Å². The van der Waals surface area contributed by atoms with Crippen molar-refractivity contribution >= 4 is 40.6 Å². The number of amides is 1. The highest BCUT2D eigenvalue weighted by atomic mass is 35.5. The van der Waals surface area contributed by atoms with Gasteiger partial charge in [0.1, 0.15) is 9.90 Å². The third kappa shape index (κ3) is 4.82. The molecule has 1 heterocycles. The summed E-state index contributed by atoms with van der Waals surface area (Å²) in [5.41, 5.74) is 1.38. The summed E-state index contributed by atoms with van der Waals surface area (Å²) in [6.07, 6.45) is 3.16. The number of hydrogen-bond donors (Lipinski definition) is 1. The van der Waals surface area contributed by atoms with E-state index in [-0.39, 0.29) is 21.0 Å². The number of aromatic nitrogens is 1. The van der Waals surface area contributed by atoms with Gasteiger partial charge in [0.05, 0.1) is 0 Å². The minimum atomic E-state index is -0.365. The van der Waals surface area contributed by atoms with Gasteiger partial charge in [0.15, 0.2) is 5.15 Å². The van der Waals surface area contributed by atoms with Gasteiger partial charge in [-0.25, -0.2) is 0 Å². The highest BCUT2D eigenvalue weighted by molar-refractivity contribution is 7.09. The van der Waals surface area contributed by atoms with Gasteiger partial charge in [-0.1, -0.05) is 56.3 Å². The lowest BCUT2D eigenvalue weighted by Crippen LogP contribution is -2.22. The van der Waals surface area contributed by atoms with E-state index in [1.165, 1.54) is 6.08 Å². The van der Waals surface area contributed by atoms with E-state index in [1.54, 1.807) is 6.08 Å². The molecule has 0 radical (unpaired) electrons. The van der Waals surface area contributed by atoms with Gasteiger partial charge in [-0.3, -0.25) is 4.79 Å². The lowest BCUT2D eigenvalue weighted by Gasteiger charge is -2.06. The molecule has 1 amide bonds. The molecular weight excluding hydrogens is 303 g/mol. The lowest BCUT2D eigenvalue weighted by molar-refractivity contribution is 0.0971. The van der Waals surface area contributed by atoms with Gasteiger partial charge >= 0.3 is 0 Å². The number of nitrogens with zero attached hydrogens (tertiary/aromatic N) is 1. The zero-order valence-corrected chi connectivity index (χ0v) is 13.4. The van der Waals surface area contributed by atoms with Crippen molar-refractivity contribution in [2.75, 3.05) is 0 Å². The third-order valence-corrected chi connectivity index (χ3v) is 3.78. The van der Waals surface area contributed by atoms with Crippen LogP contribution < -0.4 is 5.32 Å². The van der Waals surface area contributed by atoms with E-state index in [0.717, 1.165) is 17.1 Å². The Morgan fingerprint density at radius 2 is 1.89 bits per heavy atom. The van der Waals surface area contributed by atoms with Crippen LogP contribution in [0.2, 0.25) is 10.2 Å². The third-order valence-electron chi connectivity index (χ3n) is 1.99. The number of rotatable bonds is 4. The molecule has 0 unspecified atom stereocenters. The van der Waals surface area contributed by atoms with Gasteiger partial charge in [-0.2, -0.15) is 4.37 Å². The number of carbonyl (C=O) groups excluding carboxylic acids is 1. The molecule has 3 nitrogen and oxygen atoms in total. The largest absolute Gasteiger partial charge is 0.321 e. The molecule has 1 rings (SSSR count). The Bertz CT molecular complexity index is 507. The fourth-order valence-electron chi connectivity index (χ4n) is 1.00. The quantitative estimate of drug-likeness (QED) is 0.806. The van der Waals surface area contributed by atoms with E-state index in [9.17, 15) is 4.79 Å². The van der Waals surface area contributed by atoms with Crippen molar-refractivity contribution in [3.63, 3.8) is 0 Å². The van der Waals surface area contributed by atoms with Crippen LogP contribution in [0.4, 0.5) is 0 Å². The minimum Gasteiger partial charge on any atom is -0.321 e. The molecule has 0 fully saturated rings. The van der Waals surface area contributed by atoms with Crippen molar-refractivity contribution in [3.8, 4) is 0 Å². The molecule has 19 heavy (non-hydrogen) atoms. The smallest absolute Gasteiger partial charge is 0.268 e. The SMILES string of the molecule is C=C/C(C)=C(\C=C)NC(=O)c1snc(Cl)c1Cl.CC. The van der Waals surface area contributed by atoms with Gasteiger partial charge < -0.3 is 5.32 Å². The fraction of sp³-hybridized carbons (Fsp3) is 0.231. The first-order valence-electron chi connectivity index (χ1n) is 5.59. The van der Waals surface area contributed by atoms with E-state index in [4.69, 9.17) is 23.2 Å². The maximum Gasteiger partial charge on any atom is 0.268 e. The molecule has 0 aliphatic heterocycles.